The lowest BCUT2D eigenvalue weighted by atomic mass is 10.1. The Morgan fingerprint density at radius 1 is 1.08 bits per heavy atom. The lowest BCUT2D eigenvalue weighted by Crippen LogP contribution is -2.15. The Morgan fingerprint density at radius 3 is 2.58 bits per heavy atom. The summed E-state index contributed by atoms with van der Waals surface area (Å²) in [5.41, 5.74) is 3.27. The molecule has 6 heteroatoms. The SMILES string of the molecule is Cc1cccc(NC(=O)c2cnc(NCCc3ccc(Cl)cc3)cn2)c1. The molecule has 0 fully saturated rings. The predicted molar refractivity (Wildman–Crippen MR) is 105 cm³/mol. The molecule has 26 heavy (non-hydrogen) atoms. The average Bonchev–Trinajstić information content (AvgIpc) is 2.64. The lowest BCUT2D eigenvalue weighted by molar-refractivity contribution is 0.102. The molecule has 1 heterocycles. The van der Waals surface area contributed by atoms with Crippen LogP contribution in [-0.2, 0) is 6.42 Å². The van der Waals surface area contributed by atoms with E-state index in [0.717, 1.165) is 22.7 Å². The number of nitrogens with one attached hydrogen (secondary N) is 2. The molecule has 1 amide bonds. The third-order valence-corrected chi connectivity index (χ3v) is 4.05. The molecule has 5 nitrogen and oxygen atoms in total. The monoisotopic (exact) mass is 366 g/mol. The second kappa shape index (κ2) is 8.45. The van der Waals surface area contributed by atoms with Gasteiger partial charge in [-0.25, -0.2) is 9.97 Å². The molecule has 0 spiro atoms. The molecule has 0 aliphatic heterocycles. The summed E-state index contributed by atoms with van der Waals surface area (Å²) in [6.07, 6.45) is 3.87. The molecule has 3 rings (SSSR count). The molecule has 0 bridgehead atoms. The van der Waals surface area contributed by atoms with E-state index in [0.29, 0.717) is 12.4 Å². The number of carbonyl (C=O) groups is 1. The fraction of sp³-hybridized carbons (Fsp3) is 0.150. The zero-order valence-electron chi connectivity index (χ0n) is 14.4. The Hall–Kier alpha value is -2.92. The highest BCUT2D eigenvalue weighted by Crippen LogP contribution is 2.12. The van der Waals surface area contributed by atoms with Crippen LogP contribution in [0.1, 0.15) is 21.6 Å². The number of benzene rings is 2. The van der Waals surface area contributed by atoms with E-state index in [9.17, 15) is 4.79 Å². The van der Waals surface area contributed by atoms with Crippen LogP contribution in [0.3, 0.4) is 0 Å². The van der Waals surface area contributed by atoms with Crippen molar-refractivity contribution in [2.75, 3.05) is 17.2 Å². The molecule has 0 aliphatic carbocycles. The maximum Gasteiger partial charge on any atom is 0.275 e. The van der Waals surface area contributed by atoms with Crippen molar-refractivity contribution in [1.82, 2.24) is 9.97 Å². The van der Waals surface area contributed by atoms with E-state index < -0.39 is 0 Å². The number of nitrogens with zero attached hydrogens (tertiary/aromatic N) is 2. The molecule has 0 aliphatic rings. The van der Waals surface area contributed by atoms with Crippen molar-refractivity contribution >= 4 is 29.0 Å². The number of hydrogen-bond acceptors (Lipinski definition) is 4. The van der Waals surface area contributed by atoms with Gasteiger partial charge < -0.3 is 10.6 Å². The van der Waals surface area contributed by atoms with E-state index in [-0.39, 0.29) is 11.6 Å². The molecule has 1 aromatic heterocycles. The molecule has 2 aromatic carbocycles. The number of aromatic nitrogens is 2. The zero-order valence-corrected chi connectivity index (χ0v) is 15.1. The second-order valence-corrected chi connectivity index (χ2v) is 6.35. The van der Waals surface area contributed by atoms with Gasteiger partial charge in [-0.3, -0.25) is 4.79 Å². The molecular weight excluding hydrogens is 348 g/mol. The Morgan fingerprint density at radius 2 is 1.88 bits per heavy atom. The van der Waals surface area contributed by atoms with Gasteiger partial charge in [0.2, 0.25) is 0 Å². The highest BCUT2D eigenvalue weighted by molar-refractivity contribution is 6.30. The van der Waals surface area contributed by atoms with Gasteiger partial charge in [-0.15, -0.1) is 0 Å². The molecule has 0 radical (unpaired) electrons. The highest BCUT2D eigenvalue weighted by atomic mass is 35.5. The number of aryl methyl sites for hydroxylation is 1. The van der Waals surface area contributed by atoms with Gasteiger partial charge in [0.1, 0.15) is 11.5 Å². The minimum atomic E-state index is -0.282. The van der Waals surface area contributed by atoms with E-state index in [1.54, 1.807) is 6.20 Å². The standard InChI is InChI=1S/C20H19ClN4O/c1-14-3-2-4-17(11-14)25-20(26)18-12-24-19(13-23-18)22-10-9-15-5-7-16(21)8-6-15/h2-8,11-13H,9-10H2,1H3,(H,22,24)(H,25,26). The maximum atomic E-state index is 12.2. The van der Waals surface area contributed by atoms with E-state index in [4.69, 9.17) is 11.6 Å². The van der Waals surface area contributed by atoms with Crippen molar-refractivity contribution in [3.8, 4) is 0 Å². The van der Waals surface area contributed by atoms with Gasteiger partial charge in [0, 0.05) is 17.3 Å². The minimum Gasteiger partial charge on any atom is -0.368 e. The highest BCUT2D eigenvalue weighted by Gasteiger charge is 2.08. The summed E-state index contributed by atoms with van der Waals surface area (Å²) >= 11 is 5.87. The fourth-order valence-electron chi connectivity index (χ4n) is 2.44. The summed E-state index contributed by atoms with van der Waals surface area (Å²) in [4.78, 5) is 20.6. The first-order valence-corrected chi connectivity index (χ1v) is 8.66. The third-order valence-electron chi connectivity index (χ3n) is 3.79. The Bertz CT molecular complexity index is 879. The van der Waals surface area contributed by atoms with Crippen molar-refractivity contribution in [3.05, 3.63) is 82.8 Å². The van der Waals surface area contributed by atoms with Crippen LogP contribution in [0.5, 0.6) is 0 Å². The Kier molecular flexibility index (Phi) is 5.81. The molecule has 0 saturated heterocycles. The number of rotatable bonds is 6. The quantitative estimate of drug-likeness (QED) is 0.680. The minimum absolute atomic E-state index is 0.273. The first-order chi connectivity index (χ1) is 12.6. The van der Waals surface area contributed by atoms with E-state index in [2.05, 4.69) is 20.6 Å². The Balaban J connectivity index is 1.52. The lowest BCUT2D eigenvalue weighted by Gasteiger charge is -2.07. The van der Waals surface area contributed by atoms with Crippen molar-refractivity contribution in [3.63, 3.8) is 0 Å². The molecule has 3 aromatic rings. The van der Waals surface area contributed by atoms with Crippen LogP contribution < -0.4 is 10.6 Å². The van der Waals surface area contributed by atoms with Gasteiger partial charge in [0.25, 0.3) is 5.91 Å². The van der Waals surface area contributed by atoms with Gasteiger partial charge in [-0.05, 0) is 48.7 Å². The largest absolute Gasteiger partial charge is 0.368 e. The van der Waals surface area contributed by atoms with E-state index in [1.165, 1.54) is 11.8 Å². The van der Waals surface area contributed by atoms with E-state index in [1.807, 2.05) is 55.5 Å². The van der Waals surface area contributed by atoms with Crippen LogP contribution in [0.2, 0.25) is 5.02 Å². The van der Waals surface area contributed by atoms with E-state index >= 15 is 0 Å². The molecule has 132 valence electrons. The van der Waals surface area contributed by atoms with Crippen molar-refractivity contribution in [2.24, 2.45) is 0 Å². The van der Waals surface area contributed by atoms with Crippen LogP contribution in [0, 0.1) is 6.92 Å². The molecule has 0 saturated carbocycles. The summed E-state index contributed by atoms with van der Waals surface area (Å²) < 4.78 is 0. The summed E-state index contributed by atoms with van der Waals surface area (Å²) in [7, 11) is 0. The van der Waals surface area contributed by atoms with Crippen molar-refractivity contribution in [2.45, 2.75) is 13.3 Å². The summed E-state index contributed by atoms with van der Waals surface area (Å²) in [5.74, 6) is 0.349. The normalized spacial score (nSPS) is 10.4. The first-order valence-electron chi connectivity index (χ1n) is 8.28. The molecule has 0 unspecified atom stereocenters. The summed E-state index contributed by atoms with van der Waals surface area (Å²) in [6.45, 7) is 2.69. The summed E-state index contributed by atoms with van der Waals surface area (Å²) in [5, 5.41) is 6.74. The average molecular weight is 367 g/mol. The number of halogens is 1. The number of hydrogen-bond donors (Lipinski definition) is 2. The van der Waals surface area contributed by atoms with Gasteiger partial charge in [0.15, 0.2) is 0 Å². The van der Waals surface area contributed by atoms with Crippen molar-refractivity contribution in [1.29, 1.82) is 0 Å². The van der Waals surface area contributed by atoms with Gasteiger partial charge in [-0.2, -0.15) is 0 Å². The Labute approximate surface area is 157 Å². The van der Waals surface area contributed by atoms with Crippen LogP contribution in [0.15, 0.2) is 60.9 Å². The second-order valence-electron chi connectivity index (χ2n) is 5.91. The van der Waals surface area contributed by atoms with Crippen LogP contribution in [0.4, 0.5) is 11.5 Å². The topological polar surface area (TPSA) is 66.9 Å². The number of anilines is 2. The summed E-state index contributed by atoms with van der Waals surface area (Å²) in [6, 6.07) is 15.3. The fourth-order valence-corrected chi connectivity index (χ4v) is 2.57. The number of carbonyl (C=O) groups excluding carboxylic acids is 1. The smallest absolute Gasteiger partial charge is 0.275 e. The predicted octanol–water partition coefficient (Wildman–Crippen LogP) is 4.35. The number of amides is 1. The van der Waals surface area contributed by atoms with Crippen molar-refractivity contribution < 1.29 is 4.79 Å². The first kappa shape index (κ1) is 17.9. The zero-order chi connectivity index (χ0) is 18.4. The van der Waals surface area contributed by atoms with Crippen LogP contribution in [0.25, 0.3) is 0 Å². The molecular formula is C20H19ClN4O. The van der Waals surface area contributed by atoms with Gasteiger partial charge in [0.05, 0.1) is 12.4 Å². The molecule has 2 N–H and O–H groups in total. The van der Waals surface area contributed by atoms with Crippen LogP contribution >= 0.6 is 11.6 Å². The van der Waals surface area contributed by atoms with Gasteiger partial charge >= 0.3 is 0 Å². The molecule has 0 atom stereocenters. The van der Waals surface area contributed by atoms with Gasteiger partial charge in [-0.1, -0.05) is 35.9 Å². The third kappa shape index (κ3) is 5.04. The maximum absolute atomic E-state index is 12.2. The van der Waals surface area contributed by atoms with Crippen LogP contribution in [-0.4, -0.2) is 22.4 Å².